The lowest BCUT2D eigenvalue weighted by Gasteiger charge is -2.46. The van der Waals surface area contributed by atoms with Crippen LogP contribution < -0.4 is 0 Å². The van der Waals surface area contributed by atoms with Crippen LogP contribution in [0.1, 0.15) is 30.9 Å². The van der Waals surface area contributed by atoms with E-state index in [4.69, 9.17) is 0 Å². The molecule has 0 aliphatic carbocycles. The molecule has 1 heterocycles. The van der Waals surface area contributed by atoms with Gasteiger partial charge in [-0.1, -0.05) is 67.6 Å². The highest BCUT2D eigenvalue weighted by Crippen LogP contribution is 2.40. The number of hydrogen-bond donors (Lipinski definition) is 1. The lowest BCUT2D eigenvalue weighted by molar-refractivity contribution is -0.0377. The molecule has 22 heavy (non-hydrogen) atoms. The van der Waals surface area contributed by atoms with Gasteiger partial charge in [0.15, 0.2) is 0 Å². The minimum Gasteiger partial charge on any atom is -0.379 e. The molecule has 0 amide bonds. The van der Waals surface area contributed by atoms with Crippen molar-refractivity contribution in [3.63, 3.8) is 0 Å². The molecule has 3 rings (SSSR count). The number of nitrogens with zero attached hydrogens (tertiary/aromatic N) is 1. The molecule has 0 spiro atoms. The summed E-state index contributed by atoms with van der Waals surface area (Å²) in [6.07, 6.45) is 2.21. The molecule has 1 saturated heterocycles. The fraction of sp³-hybridized carbons (Fsp3) is 0.400. The molecule has 1 aliphatic heterocycles. The molecule has 1 fully saturated rings. The van der Waals surface area contributed by atoms with Crippen LogP contribution in [0.3, 0.4) is 0 Å². The second-order valence-corrected chi connectivity index (χ2v) is 6.62. The first-order valence-electron chi connectivity index (χ1n) is 8.16. The fourth-order valence-corrected chi connectivity index (χ4v) is 3.68. The van der Waals surface area contributed by atoms with Crippen LogP contribution in [0.4, 0.5) is 0 Å². The van der Waals surface area contributed by atoms with Gasteiger partial charge in [-0.15, -0.1) is 0 Å². The molecular formula is C20H25NO. The molecule has 1 N–H and O–H groups in total. The van der Waals surface area contributed by atoms with E-state index < -0.39 is 5.60 Å². The van der Waals surface area contributed by atoms with Crippen LogP contribution in [0.25, 0.3) is 0 Å². The zero-order valence-electron chi connectivity index (χ0n) is 13.4. The summed E-state index contributed by atoms with van der Waals surface area (Å²) >= 11 is 0. The second kappa shape index (κ2) is 6.23. The Morgan fingerprint density at radius 2 is 1.45 bits per heavy atom. The predicted molar refractivity (Wildman–Crippen MR) is 90.7 cm³/mol. The molecule has 0 bridgehead atoms. The van der Waals surface area contributed by atoms with Gasteiger partial charge in [-0.05, 0) is 43.5 Å². The number of likely N-dealkylation sites (tertiary alicyclic amines) is 1. The molecule has 2 heteroatoms. The number of hydrogen-bond acceptors (Lipinski definition) is 2. The minimum atomic E-state index is -0.966. The van der Waals surface area contributed by atoms with Crippen molar-refractivity contribution in [1.82, 2.24) is 4.90 Å². The minimum absolute atomic E-state index is 0.0982. The first-order valence-corrected chi connectivity index (χ1v) is 8.16. The third kappa shape index (κ3) is 2.69. The van der Waals surface area contributed by atoms with Crippen molar-refractivity contribution in [3.8, 4) is 0 Å². The molecule has 0 radical (unpaired) electrons. The van der Waals surface area contributed by atoms with Crippen LogP contribution in [-0.2, 0) is 5.60 Å². The van der Waals surface area contributed by atoms with Gasteiger partial charge in [0.05, 0.1) is 0 Å². The molecule has 2 aromatic rings. The maximum Gasteiger partial charge on any atom is 0.130 e. The van der Waals surface area contributed by atoms with Crippen LogP contribution in [0, 0.1) is 5.92 Å². The van der Waals surface area contributed by atoms with Gasteiger partial charge in [0.2, 0.25) is 0 Å². The van der Waals surface area contributed by atoms with Crippen LogP contribution in [0.15, 0.2) is 60.7 Å². The van der Waals surface area contributed by atoms with Crippen LogP contribution in [0.2, 0.25) is 0 Å². The highest BCUT2D eigenvalue weighted by atomic mass is 16.3. The summed E-state index contributed by atoms with van der Waals surface area (Å²) in [6, 6.07) is 20.3. The average molecular weight is 295 g/mol. The van der Waals surface area contributed by atoms with Gasteiger partial charge in [-0.25, -0.2) is 0 Å². The number of rotatable bonds is 3. The summed E-state index contributed by atoms with van der Waals surface area (Å²) in [5, 5.41) is 11.8. The second-order valence-electron chi connectivity index (χ2n) is 6.62. The van der Waals surface area contributed by atoms with Gasteiger partial charge >= 0.3 is 0 Å². The maximum atomic E-state index is 11.8. The molecule has 1 aliphatic rings. The molecule has 0 aromatic heterocycles. The first kappa shape index (κ1) is 15.3. The van der Waals surface area contributed by atoms with E-state index in [9.17, 15) is 5.11 Å². The third-order valence-electron chi connectivity index (χ3n) is 5.04. The zero-order chi connectivity index (χ0) is 15.6. The van der Waals surface area contributed by atoms with Crippen molar-refractivity contribution < 1.29 is 5.11 Å². The molecule has 0 saturated carbocycles. The van der Waals surface area contributed by atoms with Crippen molar-refractivity contribution in [2.24, 2.45) is 5.92 Å². The van der Waals surface area contributed by atoms with E-state index in [1.54, 1.807) is 0 Å². The van der Waals surface area contributed by atoms with Crippen LogP contribution in [0.5, 0.6) is 0 Å². The average Bonchev–Trinajstić information content (AvgIpc) is 2.58. The SMILES string of the molecule is C[C@@H]1CCN(C)[C@H](C(O)(c2ccccc2)c2ccccc2)C1. The summed E-state index contributed by atoms with van der Waals surface area (Å²) in [5.41, 5.74) is 0.991. The number of aliphatic hydroxyl groups is 1. The summed E-state index contributed by atoms with van der Waals surface area (Å²) in [5.74, 6) is 0.639. The Balaban J connectivity index is 2.11. The van der Waals surface area contributed by atoms with Crippen molar-refractivity contribution in [2.75, 3.05) is 13.6 Å². The molecule has 116 valence electrons. The van der Waals surface area contributed by atoms with Gasteiger partial charge in [-0.2, -0.15) is 0 Å². The van der Waals surface area contributed by atoms with Gasteiger partial charge in [0.1, 0.15) is 5.60 Å². The summed E-state index contributed by atoms with van der Waals surface area (Å²) in [4.78, 5) is 2.32. The van der Waals surface area contributed by atoms with E-state index in [-0.39, 0.29) is 6.04 Å². The molecule has 2 atom stereocenters. The molecule has 2 aromatic carbocycles. The smallest absolute Gasteiger partial charge is 0.130 e. The fourth-order valence-electron chi connectivity index (χ4n) is 3.68. The molecular weight excluding hydrogens is 270 g/mol. The van der Waals surface area contributed by atoms with Crippen molar-refractivity contribution in [2.45, 2.75) is 31.4 Å². The lowest BCUT2D eigenvalue weighted by Crippen LogP contribution is -2.53. The van der Waals surface area contributed by atoms with Crippen LogP contribution in [-0.4, -0.2) is 29.6 Å². The van der Waals surface area contributed by atoms with E-state index in [2.05, 4.69) is 18.9 Å². The van der Waals surface area contributed by atoms with Crippen molar-refractivity contribution in [3.05, 3.63) is 71.8 Å². The van der Waals surface area contributed by atoms with Gasteiger partial charge in [0, 0.05) is 6.04 Å². The zero-order valence-corrected chi connectivity index (χ0v) is 13.4. The monoisotopic (exact) mass is 295 g/mol. The van der Waals surface area contributed by atoms with E-state index in [0.717, 1.165) is 24.1 Å². The van der Waals surface area contributed by atoms with Crippen molar-refractivity contribution >= 4 is 0 Å². The standard InChI is InChI=1S/C20H25NO/c1-16-13-14-21(2)19(15-16)20(22,17-9-5-3-6-10-17)18-11-7-4-8-12-18/h3-12,16,19,22H,13-15H2,1-2H3/t16-,19+/m1/s1. The van der Waals surface area contributed by atoms with E-state index in [1.165, 1.54) is 6.42 Å². The van der Waals surface area contributed by atoms with E-state index in [0.29, 0.717) is 5.92 Å². The topological polar surface area (TPSA) is 23.5 Å². The summed E-state index contributed by atoms with van der Waals surface area (Å²) < 4.78 is 0. The van der Waals surface area contributed by atoms with Gasteiger partial charge in [0.25, 0.3) is 0 Å². The summed E-state index contributed by atoms with van der Waals surface area (Å²) in [7, 11) is 2.13. The predicted octanol–water partition coefficient (Wildman–Crippen LogP) is 3.65. The Bertz CT molecular complexity index is 556. The Kier molecular flexibility index (Phi) is 4.32. The van der Waals surface area contributed by atoms with E-state index in [1.807, 2.05) is 60.7 Å². The molecule has 0 unspecified atom stereocenters. The normalized spacial score (nSPS) is 23.4. The first-order chi connectivity index (χ1) is 10.6. The third-order valence-corrected chi connectivity index (χ3v) is 5.04. The molecule has 2 nitrogen and oxygen atoms in total. The Morgan fingerprint density at radius 1 is 0.955 bits per heavy atom. The Hall–Kier alpha value is -1.64. The Labute approximate surface area is 133 Å². The summed E-state index contributed by atoms with van der Waals surface area (Å²) in [6.45, 7) is 3.32. The number of likely N-dealkylation sites (N-methyl/N-ethyl adjacent to an activating group) is 1. The number of piperidine rings is 1. The lowest BCUT2D eigenvalue weighted by atomic mass is 9.74. The quantitative estimate of drug-likeness (QED) is 0.934. The largest absolute Gasteiger partial charge is 0.379 e. The van der Waals surface area contributed by atoms with Crippen LogP contribution >= 0.6 is 0 Å². The van der Waals surface area contributed by atoms with E-state index >= 15 is 0 Å². The number of benzene rings is 2. The highest BCUT2D eigenvalue weighted by Gasteiger charge is 2.44. The Morgan fingerprint density at radius 3 is 1.95 bits per heavy atom. The van der Waals surface area contributed by atoms with Crippen molar-refractivity contribution in [1.29, 1.82) is 0 Å². The highest BCUT2D eigenvalue weighted by molar-refractivity contribution is 5.38. The maximum absolute atomic E-state index is 11.8. The van der Waals surface area contributed by atoms with Gasteiger partial charge in [-0.3, -0.25) is 4.90 Å². The van der Waals surface area contributed by atoms with Gasteiger partial charge < -0.3 is 5.11 Å².